The van der Waals surface area contributed by atoms with Crippen LogP contribution in [0.1, 0.15) is 15.9 Å². The van der Waals surface area contributed by atoms with Crippen molar-refractivity contribution in [3.8, 4) is 0 Å². The number of nitrogens with one attached hydrogen (secondary N) is 1. The molecule has 2 aromatic rings. The molecule has 2 rings (SSSR count). The van der Waals surface area contributed by atoms with Crippen molar-refractivity contribution >= 4 is 46.8 Å². The van der Waals surface area contributed by atoms with Crippen molar-refractivity contribution in [2.45, 2.75) is 11.8 Å². The van der Waals surface area contributed by atoms with Crippen LogP contribution >= 0.6 is 35.0 Å². The summed E-state index contributed by atoms with van der Waals surface area (Å²) in [5.74, 6) is -0.375. The molecule has 0 fully saturated rings. The molecule has 0 bridgehead atoms. The van der Waals surface area contributed by atoms with Gasteiger partial charge < -0.3 is 10.1 Å². The fourth-order valence-electron chi connectivity index (χ4n) is 1.94. The van der Waals surface area contributed by atoms with Crippen LogP contribution in [0.25, 0.3) is 0 Å². The van der Waals surface area contributed by atoms with Gasteiger partial charge >= 0.3 is 5.97 Å². The number of halogens is 2. The van der Waals surface area contributed by atoms with Crippen molar-refractivity contribution in [1.82, 2.24) is 5.32 Å². The summed E-state index contributed by atoms with van der Waals surface area (Å²) >= 11 is 13.5. The largest absolute Gasteiger partial charge is 0.452 e. The average molecular weight is 398 g/mol. The van der Waals surface area contributed by atoms with Gasteiger partial charge in [-0.2, -0.15) is 0 Å². The minimum atomic E-state index is -0.722. The Hall–Kier alpha value is -1.69. The molecule has 0 radical (unpaired) electrons. The molecule has 4 nitrogen and oxygen atoms in total. The molecule has 0 spiro atoms. The van der Waals surface area contributed by atoms with Crippen molar-refractivity contribution < 1.29 is 14.3 Å². The maximum Gasteiger partial charge on any atom is 0.341 e. The molecule has 0 aromatic heterocycles. The van der Waals surface area contributed by atoms with E-state index in [1.165, 1.54) is 17.7 Å². The van der Waals surface area contributed by atoms with Crippen molar-refractivity contribution in [2.75, 3.05) is 18.9 Å². The highest BCUT2D eigenvalue weighted by Crippen LogP contribution is 2.24. The maximum absolute atomic E-state index is 12.0. The van der Waals surface area contributed by atoms with E-state index >= 15 is 0 Å². The number of carbonyl (C=O) groups is 2. The Morgan fingerprint density at radius 1 is 1.08 bits per heavy atom. The number of hydrogen-bond donors (Lipinski definition) is 1. The first-order valence-electron chi connectivity index (χ1n) is 7.54. The Bertz CT molecular complexity index is 730. The zero-order valence-electron chi connectivity index (χ0n) is 13.6. The van der Waals surface area contributed by atoms with Gasteiger partial charge in [-0.15, -0.1) is 11.8 Å². The van der Waals surface area contributed by atoms with E-state index in [0.29, 0.717) is 6.54 Å². The molecule has 1 amide bonds. The summed E-state index contributed by atoms with van der Waals surface area (Å²) in [5, 5.41) is 3.07. The number of esters is 1. The van der Waals surface area contributed by atoms with Gasteiger partial charge in [-0.25, -0.2) is 4.79 Å². The molecule has 25 heavy (non-hydrogen) atoms. The highest BCUT2D eigenvalue weighted by atomic mass is 35.5. The molecule has 132 valence electrons. The highest BCUT2D eigenvalue weighted by Gasteiger charge is 2.17. The maximum atomic E-state index is 12.0. The lowest BCUT2D eigenvalue weighted by Crippen LogP contribution is -2.30. The normalized spacial score (nSPS) is 10.4. The third-order valence-electron chi connectivity index (χ3n) is 3.22. The highest BCUT2D eigenvalue weighted by molar-refractivity contribution is 7.99. The van der Waals surface area contributed by atoms with Gasteiger partial charge in [0.25, 0.3) is 5.91 Å². The lowest BCUT2D eigenvalue weighted by Gasteiger charge is -2.08. The quantitative estimate of drug-likeness (QED) is 0.428. The number of carbonyl (C=O) groups excluding carboxylic acids is 2. The SMILES string of the molecule is Cc1ccc(SCCNC(=O)COC(=O)c2c(Cl)cccc2Cl)cc1. The molecule has 0 saturated carbocycles. The van der Waals surface area contributed by atoms with E-state index in [9.17, 15) is 9.59 Å². The second-order valence-electron chi connectivity index (χ2n) is 5.18. The Balaban J connectivity index is 1.70. The van der Waals surface area contributed by atoms with Crippen molar-refractivity contribution in [3.05, 3.63) is 63.6 Å². The molecule has 0 saturated heterocycles. The number of benzene rings is 2. The summed E-state index contributed by atoms with van der Waals surface area (Å²) in [6.07, 6.45) is 0. The summed E-state index contributed by atoms with van der Waals surface area (Å²) in [7, 11) is 0. The molecule has 0 aliphatic carbocycles. The monoisotopic (exact) mass is 397 g/mol. The first-order valence-corrected chi connectivity index (χ1v) is 9.29. The van der Waals surface area contributed by atoms with Crippen LogP contribution < -0.4 is 5.32 Å². The van der Waals surface area contributed by atoms with E-state index in [1.807, 2.05) is 31.2 Å². The molecular formula is C18H17Cl2NO3S. The van der Waals surface area contributed by atoms with Crippen LogP contribution in [-0.2, 0) is 9.53 Å². The van der Waals surface area contributed by atoms with E-state index in [-0.39, 0.29) is 28.1 Å². The fourth-order valence-corrected chi connectivity index (χ4v) is 3.26. The zero-order valence-corrected chi connectivity index (χ0v) is 15.9. The summed E-state index contributed by atoms with van der Waals surface area (Å²) in [6, 6.07) is 12.9. The van der Waals surface area contributed by atoms with Gasteiger partial charge in [-0.05, 0) is 31.2 Å². The van der Waals surface area contributed by atoms with Gasteiger partial charge in [-0.3, -0.25) is 4.79 Å². The standard InChI is InChI=1S/C18H17Cl2NO3S/c1-12-5-7-13(8-6-12)25-10-9-21-16(22)11-24-18(23)17-14(19)3-2-4-15(17)20/h2-8H,9-11H2,1H3,(H,21,22). The minimum absolute atomic E-state index is 0.0635. The number of thioether (sulfide) groups is 1. The minimum Gasteiger partial charge on any atom is -0.452 e. The second kappa shape index (κ2) is 9.70. The van der Waals surface area contributed by atoms with Crippen LogP contribution in [0.4, 0.5) is 0 Å². The lowest BCUT2D eigenvalue weighted by atomic mass is 10.2. The van der Waals surface area contributed by atoms with Crippen molar-refractivity contribution in [2.24, 2.45) is 0 Å². The van der Waals surface area contributed by atoms with Crippen LogP contribution in [0.2, 0.25) is 10.0 Å². The summed E-state index contributed by atoms with van der Waals surface area (Å²) in [6.45, 7) is 2.13. The first kappa shape index (κ1) is 19.6. The van der Waals surface area contributed by atoms with Crippen LogP contribution in [0.5, 0.6) is 0 Å². The van der Waals surface area contributed by atoms with E-state index in [0.717, 1.165) is 10.6 Å². The molecule has 0 aliphatic rings. The van der Waals surface area contributed by atoms with E-state index in [4.69, 9.17) is 27.9 Å². The molecular weight excluding hydrogens is 381 g/mol. The topological polar surface area (TPSA) is 55.4 Å². The Morgan fingerprint density at radius 2 is 1.72 bits per heavy atom. The van der Waals surface area contributed by atoms with Gasteiger partial charge in [0, 0.05) is 17.2 Å². The molecule has 2 aromatic carbocycles. The van der Waals surface area contributed by atoms with Gasteiger partial charge in [0.15, 0.2) is 6.61 Å². The predicted octanol–water partition coefficient (Wildman–Crippen LogP) is 4.37. The van der Waals surface area contributed by atoms with Gasteiger partial charge in [0.2, 0.25) is 0 Å². The number of rotatable bonds is 7. The van der Waals surface area contributed by atoms with Crippen LogP contribution in [-0.4, -0.2) is 30.8 Å². The van der Waals surface area contributed by atoms with E-state index in [1.54, 1.807) is 17.8 Å². The van der Waals surface area contributed by atoms with E-state index < -0.39 is 5.97 Å². The molecule has 7 heteroatoms. The average Bonchev–Trinajstić information content (AvgIpc) is 2.58. The lowest BCUT2D eigenvalue weighted by molar-refractivity contribution is -0.124. The van der Waals surface area contributed by atoms with Crippen LogP contribution in [0.15, 0.2) is 47.4 Å². The van der Waals surface area contributed by atoms with E-state index in [2.05, 4.69) is 5.32 Å². The number of amides is 1. The third kappa shape index (κ3) is 6.27. The molecule has 0 atom stereocenters. The van der Waals surface area contributed by atoms with Gasteiger partial charge in [0.1, 0.15) is 0 Å². The Labute approximate surface area is 160 Å². The number of aryl methyl sites for hydroxylation is 1. The molecule has 0 unspecified atom stereocenters. The molecule has 1 N–H and O–H groups in total. The third-order valence-corrected chi connectivity index (χ3v) is 4.86. The van der Waals surface area contributed by atoms with Gasteiger partial charge in [0.05, 0.1) is 15.6 Å². The second-order valence-corrected chi connectivity index (χ2v) is 7.17. The van der Waals surface area contributed by atoms with Crippen LogP contribution in [0, 0.1) is 6.92 Å². The smallest absolute Gasteiger partial charge is 0.341 e. The van der Waals surface area contributed by atoms with Gasteiger partial charge in [-0.1, -0.05) is 47.0 Å². The van der Waals surface area contributed by atoms with Crippen molar-refractivity contribution in [3.63, 3.8) is 0 Å². The molecule has 0 aliphatic heterocycles. The first-order chi connectivity index (χ1) is 12.0. The number of hydrogen-bond acceptors (Lipinski definition) is 4. The van der Waals surface area contributed by atoms with Crippen molar-refractivity contribution in [1.29, 1.82) is 0 Å². The zero-order chi connectivity index (χ0) is 18.2. The van der Waals surface area contributed by atoms with Crippen LogP contribution in [0.3, 0.4) is 0 Å². The molecule has 0 heterocycles. The Kier molecular flexibility index (Phi) is 7.62. The predicted molar refractivity (Wildman–Crippen MR) is 102 cm³/mol. The fraction of sp³-hybridized carbons (Fsp3) is 0.222. The summed E-state index contributed by atoms with van der Waals surface area (Å²) in [5.41, 5.74) is 1.27. The number of ether oxygens (including phenoxy) is 1. The summed E-state index contributed by atoms with van der Waals surface area (Å²) in [4.78, 5) is 24.8. The summed E-state index contributed by atoms with van der Waals surface area (Å²) < 4.78 is 4.95. The Morgan fingerprint density at radius 3 is 2.36 bits per heavy atom.